The van der Waals surface area contributed by atoms with E-state index in [0.29, 0.717) is 30.1 Å². The highest BCUT2D eigenvalue weighted by molar-refractivity contribution is 6.04. The van der Waals surface area contributed by atoms with Gasteiger partial charge in [-0.15, -0.1) is 0 Å². The summed E-state index contributed by atoms with van der Waals surface area (Å²) in [5.74, 6) is 2.69. The van der Waals surface area contributed by atoms with Gasteiger partial charge in [-0.05, 0) is 137 Å². The summed E-state index contributed by atoms with van der Waals surface area (Å²) in [6.07, 6.45) is 8.82. The third-order valence-electron chi connectivity index (χ3n) is 15.9. The Morgan fingerprint density at radius 3 is 1.92 bits per heavy atom. The van der Waals surface area contributed by atoms with Crippen molar-refractivity contribution in [1.29, 1.82) is 0 Å². The summed E-state index contributed by atoms with van der Waals surface area (Å²) in [4.78, 5) is 69.9. The Kier molecular flexibility index (Phi) is 10.2. The normalized spacial score (nSPS) is 27.6. The maximum absolute atomic E-state index is 14.0. The van der Waals surface area contributed by atoms with Crippen LogP contribution in [0.15, 0.2) is 65.8 Å². The predicted octanol–water partition coefficient (Wildman–Crippen LogP) is 8.54. The molecule has 0 bridgehead atoms. The Labute approximate surface area is 379 Å². The van der Waals surface area contributed by atoms with Crippen LogP contribution in [0.25, 0.3) is 38.9 Å². The van der Waals surface area contributed by atoms with Crippen LogP contribution in [0, 0.1) is 29.6 Å². The Morgan fingerprint density at radius 1 is 0.708 bits per heavy atom. The molecule has 4 aliphatic carbocycles. The fraction of sp³-hybridized carbons (Fsp3) is 0.500. The Bertz CT molecular complexity index is 2680. The van der Waals surface area contributed by atoms with Crippen LogP contribution in [0.4, 0.5) is 9.59 Å². The largest absolute Gasteiger partial charge is 0.453 e. The lowest BCUT2D eigenvalue weighted by Crippen LogP contribution is -2.54. The number of hydrogen-bond acceptors (Lipinski definition) is 8. The Hall–Kier alpha value is -5.98. The minimum Gasteiger partial charge on any atom is -0.453 e. The van der Waals surface area contributed by atoms with E-state index in [1.165, 1.54) is 60.4 Å². The van der Waals surface area contributed by atoms with Gasteiger partial charge in [-0.2, -0.15) is 0 Å². The topological polar surface area (TPSA) is 158 Å². The number of allylic oxidation sites excluding steroid dienone is 1. The van der Waals surface area contributed by atoms with Crippen LogP contribution in [-0.2, 0) is 25.5 Å². The van der Waals surface area contributed by atoms with Crippen molar-refractivity contribution in [2.24, 2.45) is 34.6 Å². The summed E-state index contributed by atoms with van der Waals surface area (Å²) >= 11 is 0. The lowest BCUT2D eigenvalue weighted by atomic mass is 9.73. The molecule has 4 heterocycles. The van der Waals surface area contributed by atoms with Gasteiger partial charge in [-0.3, -0.25) is 14.6 Å². The van der Waals surface area contributed by atoms with Crippen LogP contribution in [0.3, 0.4) is 0 Å². The molecule has 11 rings (SSSR count). The van der Waals surface area contributed by atoms with E-state index in [2.05, 4.69) is 70.2 Å². The molecule has 3 aromatic carbocycles. The molecule has 13 heteroatoms. The number of amides is 4. The lowest BCUT2D eigenvalue weighted by Gasteiger charge is -2.33. The highest BCUT2D eigenvalue weighted by Crippen LogP contribution is 2.57. The number of aromatic nitrogens is 2. The first kappa shape index (κ1) is 41.7. The molecule has 3 N–H and O–H groups in total. The van der Waals surface area contributed by atoms with E-state index < -0.39 is 24.3 Å². The second-order valence-corrected chi connectivity index (χ2v) is 20.4. The number of piperidine rings is 2. The quantitative estimate of drug-likeness (QED) is 0.136. The number of carbonyl (C=O) groups excluding carboxylic acids is 4. The third-order valence-corrected chi connectivity index (χ3v) is 15.9. The number of likely N-dealkylation sites (tertiary alicyclic amines) is 2. The highest BCUT2D eigenvalue weighted by Gasteiger charge is 2.57. The van der Waals surface area contributed by atoms with Crippen molar-refractivity contribution in [1.82, 2.24) is 30.4 Å². The van der Waals surface area contributed by atoms with Crippen molar-refractivity contribution < 1.29 is 28.7 Å². The molecule has 3 saturated carbocycles. The molecule has 1 aromatic heterocycles. The molecule has 4 amide bonds. The molecule has 7 aliphatic rings. The second-order valence-electron chi connectivity index (χ2n) is 20.4. The number of nitrogens with zero attached hydrogens (tertiary/aromatic N) is 4. The maximum atomic E-state index is 14.0. The lowest BCUT2D eigenvalue weighted by molar-refractivity contribution is -0.137. The fourth-order valence-electron chi connectivity index (χ4n) is 12.1. The number of carbonyl (C=O) groups is 4. The van der Waals surface area contributed by atoms with Gasteiger partial charge < -0.3 is 34.9 Å². The Balaban J connectivity index is 0.815. The van der Waals surface area contributed by atoms with E-state index in [4.69, 9.17) is 19.5 Å². The van der Waals surface area contributed by atoms with E-state index >= 15 is 0 Å². The average molecular weight is 878 g/mol. The van der Waals surface area contributed by atoms with Crippen molar-refractivity contribution in [2.45, 2.75) is 121 Å². The molecular weight excluding hydrogens is 819 g/mol. The monoisotopic (exact) mass is 877 g/mol. The minimum atomic E-state index is -0.673. The molecule has 10 atom stereocenters. The van der Waals surface area contributed by atoms with E-state index in [1.807, 2.05) is 43.7 Å². The first-order valence-electron chi connectivity index (χ1n) is 23.8. The van der Waals surface area contributed by atoms with Gasteiger partial charge in [0, 0.05) is 30.4 Å². The van der Waals surface area contributed by atoms with Crippen LogP contribution < -0.4 is 10.6 Å². The smallest absolute Gasteiger partial charge is 0.407 e. The summed E-state index contributed by atoms with van der Waals surface area (Å²) in [5.41, 5.74) is 13.1. The first-order valence-corrected chi connectivity index (χ1v) is 23.8. The number of imidazole rings is 1. The maximum Gasteiger partial charge on any atom is 0.407 e. The molecular formula is C52H59N7O6. The van der Waals surface area contributed by atoms with Crippen LogP contribution in [0.2, 0.25) is 0 Å². The highest BCUT2D eigenvalue weighted by atomic mass is 16.5. The summed E-state index contributed by atoms with van der Waals surface area (Å²) in [5, 5.41) is 5.57. The number of ether oxygens (including phenoxy) is 2. The summed E-state index contributed by atoms with van der Waals surface area (Å²) in [7, 11) is 2.64. The molecule has 2 saturated heterocycles. The zero-order valence-electron chi connectivity index (χ0n) is 38.1. The minimum absolute atomic E-state index is 0.0471. The number of H-pyrrole nitrogens is 1. The average Bonchev–Trinajstić information content (AvgIpc) is 3.83. The van der Waals surface area contributed by atoms with E-state index in [1.54, 1.807) is 0 Å². The molecule has 5 fully saturated rings. The van der Waals surface area contributed by atoms with Crippen molar-refractivity contribution in [3.05, 3.63) is 83.3 Å². The zero-order valence-corrected chi connectivity index (χ0v) is 38.1. The van der Waals surface area contributed by atoms with Crippen molar-refractivity contribution in [3.8, 4) is 22.3 Å². The van der Waals surface area contributed by atoms with Gasteiger partial charge in [0.25, 0.3) is 0 Å². The van der Waals surface area contributed by atoms with Gasteiger partial charge in [-0.25, -0.2) is 14.6 Å². The van der Waals surface area contributed by atoms with Gasteiger partial charge in [0.05, 0.1) is 37.3 Å². The van der Waals surface area contributed by atoms with Crippen LogP contribution in [-0.4, -0.2) is 93.9 Å². The van der Waals surface area contributed by atoms with Gasteiger partial charge in [0.1, 0.15) is 17.9 Å². The molecule has 0 spiro atoms. The third kappa shape index (κ3) is 7.11. The number of methoxy groups -OCH3 is 2. The summed E-state index contributed by atoms with van der Waals surface area (Å²) < 4.78 is 9.70. The zero-order chi connectivity index (χ0) is 45.0. The van der Waals surface area contributed by atoms with Crippen LogP contribution in [0.5, 0.6) is 0 Å². The molecule has 65 heavy (non-hydrogen) atoms. The van der Waals surface area contributed by atoms with E-state index in [0.717, 1.165) is 65.8 Å². The van der Waals surface area contributed by atoms with Crippen LogP contribution in [0.1, 0.15) is 107 Å². The summed E-state index contributed by atoms with van der Waals surface area (Å²) in [6, 6.07) is 18.9. The number of alkyl carbamates (subject to hydrolysis) is 2. The summed E-state index contributed by atoms with van der Waals surface area (Å²) in [6.45, 7) is 7.79. The second kappa shape index (κ2) is 15.9. The molecule has 4 aromatic rings. The van der Waals surface area contributed by atoms with E-state index in [9.17, 15) is 19.2 Å². The number of aromatic amines is 1. The first-order chi connectivity index (χ1) is 31.4. The fourth-order valence-corrected chi connectivity index (χ4v) is 12.1. The molecule has 6 unspecified atom stereocenters. The number of hydrogen-bond donors (Lipinski definition) is 3. The Morgan fingerprint density at radius 2 is 1.31 bits per heavy atom. The van der Waals surface area contributed by atoms with Gasteiger partial charge in [-0.1, -0.05) is 70.2 Å². The number of nitrogens with one attached hydrogen (secondary N) is 3. The molecule has 3 aliphatic heterocycles. The van der Waals surface area contributed by atoms with Gasteiger partial charge in [0.2, 0.25) is 11.8 Å². The van der Waals surface area contributed by atoms with Crippen molar-refractivity contribution >= 4 is 46.3 Å². The van der Waals surface area contributed by atoms with Gasteiger partial charge in [0.15, 0.2) is 0 Å². The van der Waals surface area contributed by atoms with E-state index in [-0.39, 0.29) is 47.8 Å². The number of rotatable bonds is 11. The van der Waals surface area contributed by atoms with Crippen LogP contribution >= 0.6 is 0 Å². The predicted molar refractivity (Wildman–Crippen MR) is 248 cm³/mol. The van der Waals surface area contributed by atoms with Crippen molar-refractivity contribution in [2.75, 3.05) is 14.2 Å². The number of aliphatic imine (C=N–C) groups is 1. The standard InChI is InChI=1S/C52H59N7O6/c1-25(2)46(56-51(62)64-5)49(60)58-41-20-31(41)22-43(58)40-19-33(24-53-40)27-7-9-28(10-8-27)35-15-14-34(37-17-29-11-13-36(29)45(35)37)30-12-16-38-39(18-30)55-48(54-38)44-23-32-21-42(32)59(44)50(61)47(26(3)4)57-52(63)65-6/h7-10,12,14-16,18,24-26,29,31-32,36,41-44,46-47H,11,13,17,19-23H2,1-6H3,(H,54,55)(H,56,62)(H,57,63)/t29?,31?,32?,36?,41?,42?,43-,44-,46-,47-/m0/s1. The molecule has 0 radical (unpaired) electrons. The van der Waals surface area contributed by atoms with Crippen molar-refractivity contribution in [3.63, 3.8) is 0 Å². The molecule has 13 nitrogen and oxygen atoms in total. The number of fused-ring (bicyclic) bond motifs is 6. The molecule has 338 valence electrons. The SMILES string of the molecule is COC(=O)N[C@H](C(=O)N1C2CC2C[C@H]1C1=NC=C(c2ccc(-c3ccc(-c4ccc5nc([C@@H]6CC7CC7N6C(=O)[C@@H](NC(=O)OC)C(C)C)[nH]c5c4)c4c3C3CCC3C4)cc2)C1)C(C)C. The van der Waals surface area contributed by atoms with Gasteiger partial charge >= 0.3 is 12.2 Å². The number of benzene rings is 3.